The fourth-order valence-corrected chi connectivity index (χ4v) is 2.63. The molecule has 8 heteroatoms. The molecule has 0 bridgehead atoms. The average molecular weight is 389 g/mol. The minimum absolute atomic E-state index is 0.332. The molecule has 7 nitrogen and oxygen atoms in total. The van der Waals surface area contributed by atoms with Crippen molar-refractivity contribution < 1.29 is 13.9 Å². The molecule has 0 unspecified atom stereocenters. The van der Waals surface area contributed by atoms with Gasteiger partial charge < -0.3 is 15.0 Å². The molecular formula is C21H16FN5O2. The monoisotopic (exact) mass is 389 g/mol. The maximum Gasteiger partial charge on any atom is 0.339 e. The van der Waals surface area contributed by atoms with Gasteiger partial charge in [-0.05, 0) is 54.1 Å². The Morgan fingerprint density at radius 3 is 2.66 bits per heavy atom. The van der Waals surface area contributed by atoms with Crippen molar-refractivity contribution in [3.8, 4) is 11.5 Å². The molecule has 29 heavy (non-hydrogen) atoms. The number of hydrazone groups is 1. The van der Waals surface area contributed by atoms with Crippen molar-refractivity contribution in [2.75, 3.05) is 5.32 Å². The third-order valence-corrected chi connectivity index (χ3v) is 4.01. The number of nitrogens with zero attached hydrogens (tertiary/aromatic N) is 2. The molecule has 0 fully saturated rings. The normalized spacial score (nSPS) is 10.9. The summed E-state index contributed by atoms with van der Waals surface area (Å²) in [5, 5.41) is 7.36. The van der Waals surface area contributed by atoms with Crippen molar-refractivity contribution in [1.29, 1.82) is 0 Å². The number of benzene rings is 2. The number of urea groups is 1. The molecular weight excluding hydrogens is 373 g/mol. The molecule has 4 rings (SSSR count). The number of carbonyl (C=O) groups excluding carboxylic acids is 1. The van der Waals surface area contributed by atoms with Crippen LogP contribution in [-0.2, 0) is 0 Å². The first-order chi connectivity index (χ1) is 14.2. The zero-order chi connectivity index (χ0) is 20.1. The number of aromatic nitrogens is 2. The number of pyridine rings is 1. The van der Waals surface area contributed by atoms with Gasteiger partial charge in [-0.3, -0.25) is 0 Å². The van der Waals surface area contributed by atoms with Crippen LogP contribution in [-0.4, -0.2) is 22.2 Å². The zero-order valence-corrected chi connectivity index (χ0v) is 15.1. The summed E-state index contributed by atoms with van der Waals surface area (Å²) in [5.41, 5.74) is 4.34. The van der Waals surface area contributed by atoms with Crippen molar-refractivity contribution in [3.05, 3.63) is 84.4 Å². The summed E-state index contributed by atoms with van der Waals surface area (Å²) in [5.74, 6) is 0.977. The molecule has 0 atom stereocenters. The number of ether oxygens (including phenoxy) is 1. The van der Waals surface area contributed by atoms with E-state index in [1.54, 1.807) is 54.9 Å². The first-order valence-corrected chi connectivity index (χ1v) is 8.73. The van der Waals surface area contributed by atoms with E-state index in [1.165, 1.54) is 18.3 Å². The second kappa shape index (κ2) is 8.22. The standard InChI is InChI=1S/C21H16FN5O2/c22-15-3-1-14(2-4-15)13-25-27-21(28)26-16-5-7-17(8-6-16)29-19-10-12-24-20-18(19)9-11-23-20/h1-13H,(H,23,24)(H2,26,27,28)/b25-13+. The Labute approximate surface area is 165 Å². The van der Waals surface area contributed by atoms with Gasteiger partial charge in [0.15, 0.2) is 0 Å². The quantitative estimate of drug-likeness (QED) is 0.343. The van der Waals surface area contributed by atoms with Crippen molar-refractivity contribution >= 4 is 29.0 Å². The van der Waals surface area contributed by atoms with Gasteiger partial charge in [-0.1, -0.05) is 12.1 Å². The third kappa shape index (κ3) is 4.56. The van der Waals surface area contributed by atoms with Gasteiger partial charge in [-0.25, -0.2) is 19.6 Å². The Hall–Kier alpha value is -4.20. The fraction of sp³-hybridized carbons (Fsp3) is 0. The number of hydrogen-bond donors (Lipinski definition) is 3. The van der Waals surface area contributed by atoms with Gasteiger partial charge in [0, 0.05) is 18.1 Å². The number of halogens is 1. The maximum atomic E-state index is 12.8. The predicted octanol–water partition coefficient (Wildman–Crippen LogP) is 4.65. The van der Waals surface area contributed by atoms with Crippen molar-refractivity contribution in [2.24, 2.45) is 5.10 Å². The fourth-order valence-electron chi connectivity index (χ4n) is 2.63. The Kier molecular flexibility index (Phi) is 5.15. The summed E-state index contributed by atoms with van der Waals surface area (Å²) in [6, 6.07) is 15.9. The van der Waals surface area contributed by atoms with E-state index in [2.05, 4.69) is 25.8 Å². The van der Waals surface area contributed by atoms with Gasteiger partial charge >= 0.3 is 6.03 Å². The first kappa shape index (κ1) is 18.2. The Morgan fingerprint density at radius 1 is 1.07 bits per heavy atom. The molecule has 0 radical (unpaired) electrons. The largest absolute Gasteiger partial charge is 0.457 e. The highest BCUT2D eigenvalue weighted by molar-refractivity contribution is 5.90. The molecule has 0 saturated heterocycles. The lowest BCUT2D eigenvalue weighted by Gasteiger charge is -2.08. The molecule has 2 amide bonds. The van der Waals surface area contributed by atoms with Gasteiger partial charge in [-0.15, -0.1) is 0 Å². The lowest BCUT2D eigenvalue weighted by atomic mass is 10.2. The van der Waals surface area contributed by atoms with Crippen LogP contribution in [0.4, 0.5) is 14.9 Å². The number of hydrogen-bond acceptors (Lipinski definition) is 4. The number of H-pyrrole nitrogens is 1. The number of rotatable bonds is 5. The summed E-state index contributed by atoms with van der Waals surface area (Å²) in [6.45, 7) is 0. The van der Waals surface area contributed by atoms with Crippen LogP contribution in [0.1, 0.15) is 5.56 Å². The highest BCUT2D eigenvalue weighted by Gasteiger charge is 2.06. The van der Waals surface area contributed by atoms with Crippen LogP contribution in [0.25, 0.3) is 11.0 Å². The van der Waals surface area contributed by atoms with Crippen LogP contribution in [0.15, 0.2) is 78.2 Å². The molecule has 0 saturated carbocycles. The highest BCUT2D eigenvalue weighted by atomic mass is 19.1. The average Bonchev–Trinajstić information content (AvgIpc) is 3.21. The van der Waals surface area contributed by atoms with Crippen LogP contribution >= 0.6 is 0 Å². The van der Waals surface area contributed by atoms with E-state index in [9.17, 15) is 9.18 Å². The van der Waals surface area contributed by atoms with E-state index in [0.29, 0.717) is 22.7 Å². The number of carbonyl (C=O) groups is 1. The molecule has 0 aliphatic carbocycles. The van der Waals surface area contributed by atoms with E-state index in [4.69, 9.17) is 4.74 Å². The third-order valence-electron chi connectivity index (χ3n) is 4.01. The minimum atomic E-state index is -0.500. The Bertz CT molecular complexity index is 1150. The van der Waals surface area contributed by atoms with Gasteiger partial charge in [0.2, 0.25) is 0 Å². The molecule has 2 heterocycles. The topological polar surface area (TPSA) is 91.4 Å². The van der Waals surface area contributed by atoms with Crippen LogP contribution < -0.4 is 15.5 Å². The van der Waals surface area contributed by atoms with Gasteiger partial charge in [-0.2, -0.15) is 5.10 Å². The summed E-state index contributed by atoms with van der Waals surface area (Å²) >= 11 is 0. The van der Waals surface area contributed by atoms with E-state index in [1.807, 2.05) is 6.07 Å². The van der Waals surface area contributed by atoms with Gasteiger partial charge in [0.1, 0.15) is 23.0 Å². The second-order valence-electron chi connectivity index (χ2n) is 6.05. The molecule has 2 aromatic carbocycles. The predicted molar refractivity (Wildman–Crippen MR) is 109 cm³/mol. The Balaban J connectivity index is 1.33. The molecule has 0 aliphatic rings. The molecule has 0 spiro atoms. The van der Waals surface area contributed by atoms with Crippen molar-refractivity contribution in [3.63, 3.8) is 0 Å². The number of fused-ring (bicyclic) bond motifs is 1. The SMILES string of the molecule is O=C(N/N=C/c1ccc(F)cc1)Nc1ccc(Oc2ccnc3[nH]ccc23)cc1. The maximum absolute atomic E-state index is 12.8. The zero-order valence-electron chi connectivity index (χ0n) is 15.1. The number of aromatic amines is 1. The summed E-state index contributed by atoms with van der Waals surface area (Å²) < 4.78 is 18.7. The summed E-state index contributed by atoms with van der Waals surface area (Å²) in [4.78, 5) is 19.2. The molecule has 3 N–H and O–H groups in total. The molecule has 2 aromatic heterocycles. The Morgan fingerprint density at radius 2 is 1.86 bits per heavy atom. The summed E-state index contributed by atoms with van der Waals surface area (Å²) in [7, 11) is 0. The van der Waals surface area contributed by atoms with Crippen LogP contribution in [0.2, 0.25) is 0 Å². The van der Waals surface area contributed by atoms with E-state index in [-0.39, 0.29) is 5.82 Å². The molecule has 4 aromatic rings. The van der Waals surface area contributed by atoms with Crippen LogP contribution in [0, 0.1) is 5.82 Å². The van der Waals surface area contributed by atoms with Crippen LogP contribution in [0.5, 0.6) is 11.5 Å². The van der Waals surface area contributed by atoms with Gasteiger partial charge in [0.25, 0.3) is 0 Å². The molecule has 144 valence electrons. The van der Waals surface area contributed by atoms with Crippen LogP contribution in [0.3, 0.4) is 0 Å². The minimum Gasteiger partial charge on any atom is -0.457 e. The van der Waals surface area contributed by atoms with E-state index >= 15 is 0 Å². The van der Waals surface area contributed by atoms with E-state index in [0.717, 1.165) is 11.0 Å². The second-order valence-corrected chi connectivity index (χ2v) is 6.05. The van der Waals surface area contributed by atoms with Crippen molar-refractivity contribution in [2.45, 2.75) is 0 Å². The summed E-state index contributed by atoms with van der Waals surface area (Å²) in [6.07, 6.45) is 4.89. The lowest BCUT2D eigenvalue weighted by molar-refractivity contribution is 0.252. The smallest absolute Gasteiger partial charge is 0.339 e. The number of nitrogens with one attached hydrogen (secondary N) is 3. The highest BCUT2D eigenvalue weighted by Crippen LogP contribution is 2.28. The lowest BCUT2D eigenvalue weighted by Crippen LogP contribution is -2.24. The van der Waals surface area contributed by atoms with E-state index < -0.39 is 6.03 Å². The van der Waals surface area contributed by atoms with Gasteiger partial charge in [0.05, 0.1) is 11.6 Å². The number of anilines is 1. The first-order valence-electron chi connectivity index (χ1n) is 8.73. The van der Waals surface area contributed by atoms with Crippen molar-refractivity contribution in [1.82, 2.24) is 15.4 Å². The number of amides is 2. The molecule has 0 aliphatic heterocycles.